The highest BCUT2D eigenvalue weighted by atomic mass is 35.5. The van der Waals surface area contributed by atoms with Crippen LogP contribution in [-0.2, 0) is 14.0 Å². The van der Waals surface area contributed by atoms with E-state index in [0.717, 1.165) is 17.6 Å². The van der Waals surface area contributed by atoms with Gasteiger partial charge in [-0.25, -0.2) is 0 Å². The summed E-state index contributed by atoms with van der Waals surface area (Å²) in [6, 6.07) is 5.51. The van der Waals surface area contributed by atoms with Crippen molar-refractivity contribution in [2.24, 2.45) is 0 Å². The van der Waals surface area contributed by atoms with Crippen molar-refractivity contribution >= 4 is 24.2 Å². The molecule has 1 saturated heterocycles. The summed E-state index contributed by atoms with van der Waals surface area (Å²) < 4.78 is 23.1. The van der Waals surface area contributed by atoms with Gasteiger partial charge in [0.2, 0.25) is 0 Å². The molecule has 6 heteroatoms. The molecule has 0 radical (unpaired) electrons. The molecule has 0 spiro atoms. The van der Waals surface area contributed by atoms with Gasteiger partial charge in [0.25, 0.3) is 0 Å². The van der Waals surface area contributed by atoms with Crippen LogP contribution >= 0.6 is 11.6 Å². The summed E-state index contributed by atoms with van der Waals surface area (Å²) in [5, 5.41) is 0.633. The Morgan fingerprint density at radius 1 is 1.09 bits per heavy atom. The standard InChI is InChI=1S/C16H24BClO4/c1-15(2)16(3,4)22-17(21-15)13-11-12(18)7-8-14(13)20-10-6-9-19-5/h7-8,11H,6,9-10H2,1-5H3. The first-order valence-electron chi connectivity index (χ1n) is 7.54. The summed E-state index contributed by atoms with van der Waals surface area (Å²) in [7, 11) is 1.19. The summed E-state index contributed by atoms with van der Waals surface area (Å²) in [4.78, 5) is 0. The van der Waals surface area contributed by atoms with Crippen LogP contribution in [0.5, 0.6) is 5.75 Å². The van der Waals surface area contributed by atoms with Gasteiger partial charge >= 0.3 is 7.12 Å². The topological polar surface area (TPSA) is 36.9 Å². The molecule has 4 nitrogen and oxygen atoms in total. The molecule has 1 heterocycles. The Morgan fingerprint density at radius 2 is 1.73 bits per heavy atom. The summed E-state index contributed by atoms with van der Waals surface area (Å²) in [6.07, 6.45) is 0.821. The maximum atomic E-state index is 6.13. The minimum atomic E-state index is -0.485. The van der Waals surface area contributed by atoms with Gasteiger partial charge in [-0.15, -0.1) is 0 Å². The summed E-state index contributed by atoms with van der Waals surface area (Å²) >= 11 is 6.13. The smallest absolute Gasteiger partial charge is 0.494 e. The van der Waals surface area contributed by atoms with E-state index in [1.54, 1.807) is 7.11 Å². The molecule has 0 amide bonds. The zero-order valence-electron chi connectivity index (χ0n) is 13.9. The molecule has 0 N–H and O–H groups in total. The SMILES string of the molecule is COCCCOc1ccc(Cl)cc1B1OC(C)(C)C(C)(C)O1. The van der Waals surface area contributed by atoms with E-state index in [4.69, 9.17) is 30.4 Å². The molecule has 1 aromatic carbocycles. The average Bonchev–Trinajstić information content (AvgIpc) is 2.65. The quantitative estimate of drug-likeness (QED) is 0.595. The van der Waals surface area contributed by atoms with Gasteiger partial charge in [-0.05, 0) is 45.9 Å². The molecule has 22 heavy (non-hydrogen) atoms. The highest BCUT2D eigenvalue weighted by molar-refractivity contribution is 6.63. The van der Waals surface area contributed by atoms with Gasteiger partial charge in [-0.1, -0.05) is 11.6 Å². The Balaban J connectivity index is 2.18. The average molecular weight is 327 g/mol. The molecule has 2 rings (SSSR count). The van der Waals surface area contributed by atoms with Gasteiger partial charge in [0, 0.05) is 30.6 Å². The fourth-order valence-electron chi connectivity index (χ4n) is 2.19. The van der Waals surface area contributed by atoms with Crippen molar-refractivity contribution in [3.8, 4) is 5.75 Å². The first-order valence-corrected chi connectivity index (χ1v) is 7.91. The lowest BCUT2D eigenvalue weighted by Gasteiger charge is -2.32. The van der Waals surface area contributed by atoms with Crippen LogP contribution in [0.1, 0.15) is 34.1 Å². The van der Waals surface area contributed by atoms with E-state index >= 15 is 0 Å². The lowest BCUT2D eigenvalue weighted by molar-refractivity contribution is 0.00578. The van der Waals surface area contributed by atoms with Crippen LogP contribution in [0.15, 0.2) is 18.2 Å². The Bertz CT molecular complexity index is 503. The van der Waals surface area contributed by atoms with Crippen LogP contribution in [-0.4, -0.2) is 38.6 Å². The Hall–Kier alpha value is -0.745. The largest absolute Gasteiger partial charge is 0.498 e. The molecule has 1 aliphatic heterocycles. The Morgan fingerprint density at radius 3 is 2.32 bits per heavy atom. The van der Waals surface area contributed by atoms with Gasteiger partial charge in [-0.3, -0.25) is 0 Å². The molecular formula is C16H24BClO4. The lowest BCUT2D eigenvalue weighted by Crippen LogP contribution is -2.41. The van der Waals surface area contributed by atoms with Gasteiger partial charge in [0.05, 0.1) is 17.8 Å². The maximum absolute atomic E-state index is 6.13. The minimum Gasteiger partial charge on any atom is -0.494 e. The molecule has 0 atom stereocenters. The number of ether oxygens (including phenoxy) is 2. The van der Waals surface area contributed by atoms with Crippen molar-refractivity contribution in [3.05, 3.63) is 23.2 Å². The number of rotatable bonds is 6. The molecule has 1 fully saturated rings. The van der Waals surface area contributed by atoms with Crippen molar-refractivity contribution in [3.63, 3.8) is 0 Å². The highest BCUT2D eigenvalue weighted by Crippen LogP contribution is 2.37. The van der Waals surface area contributed by atoms with E-state index in [1.165, 1.54) is 0 Å². The second-order valence-electron chi connectivity index (χ2n) is 6.47. The third kappa shape index (κ3) is 3.77. The van der Waals surface area contributed by atoms with Gasteiger partial charge in [-0.2, -0.15) is 0 Å². The Labute approximate surface area is 138 Å². The third-order valence-corrected chi connectivity index (χ3v) is 4.46. The van der Waals surface area contributed by atoms with E-state index < -0.39 is 18.3 Å². The lowest BCUT2D eigenvalue weighted by atomic mass is 9.78. The summed E-state index contributed by atoms with van der Waals surface area (Å²) in [5.74, 6) is 0.735. The van der Waals surface area contributed by atoms with E-state index in [-0.39, 0.29) is 0 Å². The van der Waals surface area contributed by atoms with Gasteiger partial charge in [0.1, 0.15) is 5.75 Å². The van der Waals surface area contributed by atoms with Crippen molar-refractivity contribution in [1.29, 1.82) is 0 Å². The molecule has 0 saturated carbocycles. The molecule has 0 aromatic heterocycles. The molecule has 1 aromatic rings. The van der Waals surface area contributed by atoms with Gasteiger partial charge < -0.3 is 18.8 Å². The number of halogens is 1. The maximum Gasteiger partial charge on any atom is 0.498 e. The van der Waals surface area contributed by atoms with Crippen molar-refractivity contribution in [1.82, 2.24) is 0 Å². The van der Waals surface area contributed by atoms with Crippen LogP contribution in [0.4, 0.5) is 0 Å². The first kappa shape index (κ1) is 17.6. The van der Waals surface area contributed by atoms with Crippen molar-refractivity contribution in [2.45, 2.75) is 45.3 Å². The molecule has 0 unspecified atom stereocenters. The number of hydrogen-bond donors (Lipinski definition) is 0. The number of benzene rings is 1. The van der Waals surface area contributed by atoms with Crippen LogP contribution in [0, 0.1) is 0 Å². The summed E-state index contributed by atoms with van der Waals surface area (Å²) in [6.45, 7) is 9.34. The first-order chi connectivity index (χ1) is 10.3. The fraction of sp³-hybridized carbons (Fsp3) is 0.625. The van der Waals surface area contributed by atoms with Crippen LogP contribution in [0.25, 0.3) is 0 Å². The molecular weight excluding hydrogens is 302 g/mol. The second-order valence-corrected chi connectivity index (χ2v) is 6.90. The second kappa shape index (κ2) is 6.79. The van der Waals surface area contributed by atoms with Crippen molar-refractivity contribution in [2.75, 3.05) is 20.3 Å². The van der Waals surface area contributed by atoms with E-state index in [1.807, 2.05) is 45.9 Å². The predicted octanol–water partition coefficient (Wildman–Crippen LogP) is 3.05. The van der Waals surface area contributed by atoms with Crippen molar-refractivity contribution < 1.29 is 18.8 Å². The van der Waals surface area contributed by atoms with Gasteiger partial charge in [0.15, 0.2) is 0 Å². The fourth-order valence-corrected chi connectivity index (χ4v) is 2.37. The van der Waals surface area contributed by atoms with E-state index in [0.29, 0.717) is 18.2 Å². The molecule has 122 valence electrons. The number of methoxy groups -OCH3 is 1. The normalized spacial score (nSPS) is 19.5. The van der Waals surface area contributed by atoms with Crippen LogP contribution < -0.4 is 10.2 Å². The Kier molecular flexibility index (Phi) is 5.43. The molecule has 1 aliphatic rings. The predicted molar refractivity (Wildman–Crippen MR) is 89.2 cm³/mol. The number of hydrogen-bond acceptors (Lipinski definition) is 4. The van der Waals surface area contributed by atoms with E-state index in [9.17, 15) is 0 Å². The monoisotopic (exact) mass is 326 g/mol. The van der Waals surface area contributed by atoms with Crippen LogP contribution in [0.3, 0.4) is 0 Å². The minimum absolute atomic E-state index is 0.396. The third-order valence-electron chi connectivity index (χ3n) is 4.23. The zero-order chi connectivity index (χ0) is 16.4. The highest BCUT2D eigenvalue weighted by Gasteiger charge is 2.52. The molecule has 0 bridgehead atoms. The van der Waals surface area contributed by atoms with E-state index in [2.05, 4.69) is 0 Å². The molecule has 0 aliphatic carbocycles. The summed E-state index contributed by atoms with van der Waals surface area (Å²) in [5.41, 5.74) is 0.0317. The zero-order valence-corrected chi connectivity index (χ0v) is 14.7. The van der Waals surface area contributed by atoms with Crippen LogP contribution in [0.2, 0.25) is 5.02 Å².